The van der Waals surface area contributed by atoms with Crippen LogP contribution in [-0.2, 0) is 15.6 Å². The van der Waals surface area contributed by atoms with Gasteiger partial charge in [0.15, 0.2) is 9.84 Å². The molecule has 0 radical (unpaired) electrons. The molecule has 94 valence electrons. The Kier molecular flexibility index (Phi) is 4.28. The molecule has 5 heteroatoms. The fourth-order valence-corrected chi connectivity index (χ4v) is 2.82. The van der Waals surface area contributed by atoms with E-state index in [2.05, 4.69) is 0 Å². The Bertz CT molecular complexity index is 488. The summed E-state index contributed by atoms with van der Waals surface area (Å²) >= 11 is 0. The average molecular weight is 256 g/mol. The summed E-state index contributed by atoms with van der Waals surface area (Å²) in [7, 11) is -3.14. The largest absolute Gasteiger partial charge is 0.478 e. The van der Waals surface area contributed by atoms with Crippen molar-refractivity contribution >= 4 is 15.8 Å². The van der Waals surface area contributed by atoms with Crippen molar-refractivity contribution in [3.8, 4) is 0 Å². The van der Waals surface area contributed by atoms with Crippen molar-refractivity contribution in [3.63, 3.8) is 0 Å². The van der Waals surface area contributed by atoms with Gasteiger partial charge in [0.05, 0.1) is 16.6 Å². The predicted molar refractivity (Wildman–Crippen MR) is 65.8 cm³/mol. The molecule has 1 aromatic carbocycles. The minimum Gasteiger partial charge on any atom is -0.478 e. The highest BCUT2D eigenvalue weighted by molar-refractivity contribution is 7.91. The van der Waals surface area contributed by atoms with E-state index in [1.165, 1.54) is 12.1 Å². The number of rotatable bonds is 5. The molecular weight excluding hydrogens is 240 g/mol. The van der Waals surface area contributed by atoms with Gasteiger partial charge in [-0.15, -0.1) is 0 Å². The summed E-state index contributed by atoms with van der Waals surface area (Å²) < 4.78 is 23.7. The van der Waals surface area contributed by atoms with Crippen molar-refractivity contribution in [2.24, 2.45) is 0 Å². The van der Waals surface area contributed by atoms with E-state index < -0.39 is 15.8 Å². The smallest absolute Gasteiger partial charge is 0.335 e. The zero-order valence-electron chi connectivity index (χ0n) is 9.88. The molecule has 0 bridgehead atoms. The molecule has 0 saturated carbocycles. The SMILES string of the molecule is CCC(C)S(=O)(=O)Cc1ccc(C(=O)O)cc1. The predicted octanol–water partition coefficient (Wildman–Crippen LogP) is 2.10. The Labute approximate surface area is 101 Å². The molecule has 4 nitrogen and oxygen atoms in total. The van der Waals surface area contributed by atoms with Gasteiger partial charge >= 0.3 is 5.97 Å². The van der Waals surface area contributed by atoms with Crippen LogP contribution in [0.2, 0.25) is 0 Å². The second-order valence-corrected chi connectivity index (χ2v) is 6.45. The van der Waals surface area contributed by atoms with Crippen LogP contribution in [-0.4, -0.2) is 24.7 Å². The summed E-state index contributed by atoms with van der Waals surface area (Å²) in [5.41, 5.74) is 0.782. The molecule has 0 spiro atoms. The number of hydrogen-bond donors (Lipinski definition) is 1. The summed E-state index contributed by atoms with van der Waals surface area (Å²) in [5.74, 6) is -1.05. The van der Waals surface area contributed by atoms with Gasteiger partial charge in [0, 0.05) is 0 Å². The van der Waals surface area contributed by atoms with Crippen molar-refractivity contribution in [1.82, 2.24) is 0 Å². The topological polar surface area (TPSA) is 71.4 Å². The van der Waals surface area contributed by atoms with E-state index >= 15 is 0 Å². The first-order chi connectivity index (χ1) is 7.86. The molecule has 0 saturated heterocycles. The van der Waals surface area contributed by atoms with Crippen LogP contribution in [0.4, 0.5) is 0 Å². The molecule has 0 amide bonds. The summed E-state index contributed by atoms with van der Waals surface area (Å²) in [6, 6.07) is 5.93. The highest BCUT2D eigenvalue weighted by Crippen LogP contribution is 2.14. The van der Waals surface area contributed by atoms with Crippen LogP contribution in [0.1, 0.15) is 36.2 Å². The number of benzene rings is 1. The quantitative estimate of drug-likeness (QED) is 0.875. The third-order valence-electron chi connectivity index (χ3n) is 2.76. The van der Waals surface area contributed by atoms with Crippen LogP contribution in [0.5, 0.6) is 0 Å². The maximum Gasteiger partial charge on any atom is 0.335 e. The van der Waals surface area contributed by atoms with Crippen LogP contribution in [0.25, 0.3) is 0 Å². The van der Waals surface area contributed by atoms with E-state index in [4.69, 9.17) is 5.11 Å². The lowest BCUT2D eigenvalue weighted by Crippen LogP contribution is -2.18. The standard InChI is InChI=1S/C12H16O4S/c1-3-9(2)17(15,16)8-10-4-6-11(7-5-10)12(13)14/h4-7,9H,3,8H2,1-2H3,(H,13,14). The van der Waals surface area contributed by atoms with E-state index in [0.29, 0.717) is 12.0 Å². The molecule has 1 aromatic rings. The second-order valence-electron chi connectivity index (χ2n) is 4.03. The molecule has 1 unspecified atom stereocenters. The summed E-state index contributed by atoms with van der Waals surface area (Å²) in [4.78, 5) is 10.6. The molecule has 0 fully saturated rings. The first-order valence-corrected chi connectivity index (χ1v) is 7.12. The van der Waals surface area contributed by atoms with E-state index in [1.807, 2.05) is 6.92 Å². The van der Waals surface area contributed by atoms with Crippen LogP contribution in [0.3, 0.4) is 0 Å². The van der Waals surface area contributed by atoms with Gasteiger partial charge in [-0.3, -0.25) is 0 Å². The van der Waals surface area contributed by atoms with E-state index in [9.17, 15) is 13.2 Å². The van der Waals surface area contributed by atoms with Gasteiger partial charge in [-0.25, -0.2) is 13.2 Å². The molecule has 1 N–H and O–H groups in total. The van der Waals surface area contributed by atoms with Crippen molar-refractivity contribution in [3.05, 3.63) is 35.4 Å². The normalized spacial score (nSPS) is 13.3. The molecular formula is C12H16O4S. The van der Waals surface area contributed by atoms with Gasteiger partial charge < -0.3 is 5.11 Å². The van der Waals surface area contributed by atoms with E-state index in [0.717, 1.165) is 0 Å². The van der Waals surface area contributed by atoms with Crippen molar-refractivity contribution < 1.29 is 18.3 Å². The average Bonchev–Trinajstić information content (AvgIpc) is 2.28. The van der Waals surface area contributed by atoms with Gasteiger partial charge in [0.2, 0.25) is 0 Å². The molecule has 1 atom stereocenters. The maximum absolute atomic E-state index is 11.8. The molecule has 0 aliphatic rings. The third-order valence-corrected chi connectivity index (χ3v) is 5.05. The first-order valence-electron chi connectivity index (χ1n) is 5.40. The molecule has 0 aliphatic heterocycles. The number of sulfone groups is 1. The van der Waals surface area contributed by atoms with Crippen LogP contribution < -0.4 is 0 Å². The zero-order valence-corrected chi connectivity index (χ0v) is 10.7. The Morgan fingerprint density at radius 1 is 1.29 bits per heavy atom. The fraction of sp³-hybridized carbons (Fsp3) is 0.417. The first kappa shape index (κ1) is 13.7. The number of carboxylic acids is 1. The molecule has 1 rings (SSSR count). The van der Waals surface area contributed by atoms with Crippen LogP contribution in [0.15, 0.2) is 24.3 Å². The highest BCUT2D eigenvalue weighted by atomic mass is 32.2. The fourth-order valence-electron chi connectivity index (χ4n) is 1.37. The number of carboxylic acid groups (broad SMARTS) is 1. The number of hydrogen-bond acceptors (Lipinski definition) is 3. The van der Waals surface area contributed by atoms with Crippen molar-refractivity contribution in [2.75, 3.05) is 0 Å². The van der Waals surface area contributed by atoms with Crippen molar-refractivity contribution in [1.29, 1.82) is 0 Å². The summed E-state index contributed by atoms with van der Waals surface area (Å²) in [6.45, 7) is 3.51. The molecule has 0 aliphatic carbocycles. The van der Waals surface area contributed by atoms with Gasteiger partial charge in [-0.05, 0) is 31.0 Å². The Hall–Kier alpha value is -1.36. The number of carbonyl (C=O) groups is 1. The van der Waals surface area contributed by atoms with Crippen LogP contribution in [0, 0.1) is 0 Å². The van der Waals surface area contributed by atoms with Gasteiger partial charge in [-0.2, -0.15) is 0 Å². The minimum atomic E-state index is -3.14. The zero-order chi connectivity index (χ0) is 13.1. The van der Waals surface area contributed by atoms with Crippen molar-refractivity contribution in [2.45, 2.75) is 31.3 Å². The van der Waals surface area contributed by atoms with Gasteiger partial charge in [0.25, 0.3) is 0 Å². The molecule has 17 heavy (non-hydrogen) atoms. The summed E-state index contributed by atoms with van der Waals surface area (Å²) in [6.07, 6.45) is 0.579. The minimum absolute atomic E-state index is 0.0398. The molecule has 0 aromatic heterocycles. The Morgan fingerprint density at radius 3 is 2.24 bits per heavy atom. The second kappa shape index (κ2) is 5.31. The highest BCUT2D eigenvalue weighted by Gasteiger charge is 2.19. The molecule has 0 heterocycles. The Balaban J connectivity index is 2.86. The number of aromatic carboxylic acids is 1. The summed E-state index contributed by atoms with van der Waals surface area (Å²) in [5, 5.41) is 8.34. The lowest BCUT2D eigenvalue weighted by Gasteiger charge is -2.10. The Morgan fingerprint density at radius 2 is 1.82 bits per heavy atom. The lowest BCUT2D eigenvalue weighted by atomic mass is 10.1. The van der Waals surface area contributed by atoms with Gasteiger partial charge in [0.1, 0.15) is 0 Å². The third kappa shape index (κ3) is 3.56. The van der Waals surface area contributed by atoms with Gasteiger partial charge in [-0.1, -0.05) is 19.1 Å². The maximum atomic E-state index is 11.8. The van der Waals surface area contributed by atoms with Crippen LogP contribution >= 0.6 is 0 Å². The van der Waals surface area contributed by atoms with E-state index in [-0.39, 0.29) is 16.6 Å². The lowest BCUT2D eigenvalue weighted by molar-refractivity contribution is 0.0697. The monoisotopic (exact) mass is 256 g/mol. The van der Waals surface area contributed by atoms with E-state index in [1.54, 1.807) is 19.1 Å².